The number of alkyl halides is 3. The van der Waals surface area contributed by atoms with E-state index in [1.54, 1.807) is 12.2 Å². The van der Waals surface area contributed by atoms with Crippen LogP contribution in [0.25, 0.3) is 0 Å². The summed E-state index contributed by atoms with van der Waals surface area (Å²) in [6.45, 7) is 1.27. The average molecular weight is 382 g/mol. The highest BCUT2D eigenvalue weighted by molar-refractivity contribution is 8.05. The van der Waals surface area contributed by atoms with E-state index in [1.165, 1.54) is 31.2 Å². The number of allylic oxidation sites excluding steroid dienone is 4. The van der Waals surface area contributed by atoms with Crippen LogP contribution in [0.1, 0.15) is 18.1 Å². The van der Waals surface area contributed by atoms with Gasteiger partial charge < -0.3 is 10.4 Å². The predicted octanol–water partition coefficient (Wildman–Crippen LogP) is 2.34. The Morgan fingerprint density at radius 3 is 2.73 bits per heavy atom. The summed E-state index contributed by atoms with van der Waals surface area (Å²) in [5.74, 6) is -0.463. The van der Waals surface area contributed by atoms with E-state index in [4.69, 9.17) is 5.73 Å². The lowest BCUT2D eigenvalue weighted by molar-refractivity contribution is -0.138. The van der Waals surface area contributed by atoms with Crippen molar-refractivity contribution >= 4 is 23.4 Å². The third kappa shape index (κ3) is 3.55. The number of carbonyl (C=O) groups is 1. The van der Waals surface area contributed by atoms with Gasteiger partial charge in [-0.15, -0.1) is 0 Å². The molecule has 1 aliphatic heterocycles. The Morgan fingerprint density at radius 1 is 1.38 bits per heavy atom. The van der Waals surface area contributed by atoms with Crippen molar-refractivity contribution in [1.29, 1.82) is 0 Å². The van der Waals surface area contributed by atoms with Crippen LogP contribution in [0.5, 0.6) is 0 Å². The van der Waals surface area contributed by atoms with E-state index in [1.807, 2.05) is 0 Å². The molecule has 0 spiro atoms. The zero-order chi connectivity index (χ0) is 19.1. The summed E-state index contributed by atoms with van der Waals surface area (Å²) < 4.78 is 40.1. The molecule has 2 atom stereocenters. The number of hydrogen-bond donors (Lipinski definition) is 3. The van der Waals surface area contributed by atoms with E-state index in [-0.39, 0.29) is 17.2 Å². The third-order valence-electron chi connectivity index (χ3n) is 3.75. The summed E-state index contributed by atoms with van der Waals surface area (Å²) >= 11 is 0.993. The molecule has 0 fully saturated rings. The van der Waals surface area contributed by atoms with Crippen LogP contribution in [-0.4, -0.2) is 27.9 Å². The number of fused-ring (bicyclic) bond motifs is 1. The number of carbonyl (C=O) groups excluding carboxylic acids is 1. The number of rotatable bonds is 3. The number of amides is 1. The highest BCUT2D eigenvalue weighted by Gasteiger charge is 2.43. The van der Waals surface area contributed by atoms with Crippen molar-refractivity contribution < 1.29 is 23.1 Å². The lowest BCUT2D eigenvalue weighted by atomic mass is 9.87. The topological polar surface area (TPSA) is 87.7 Å². The Morgan fingerprint density at radius 2 is 2.08 bits per heavy atom. The molecular formula is C17H15F3N3O2S. The lowest BCUT2D eigenvalue weighted by Gasteiger charge is -2.21. The smallest absolute Gasteiger partial charge is 0.384 e. The van der Waals surface area contributed by atoms with E-state index in [0.29, 0.717) is 4.91 Å². The largest absolute Gasteiger partial charge is 0.416 e. The van der Waals surface area contributed by atoms with Gasteiger partial charge in [0.25, 0.3) is 5.91 Å². The van der Waals surface area contributed by atoms with Gasteiger partial charge in [-0.05, 0) is 24.6 Å². The summed E-state index contributed by atoms with van der Waals surface area (Å²) in [7, 11) is 0. The van der Waals surface area contributed by atoms with E-state index < -0.39 is 28.9 Å². The van der Waals surface area contributed by atoms with E-state index in [0.717, 1.165) is 17.8 Å². The molecule has 3 rings (SSSR count). The van der Waals surface area contributed by atoms with Gasteiger partial charge in [0.15, 0.2) is 0 Å². The van der Waals surface area contributed by atoms with Gasteiger partial charge in [0.2, 0.25) is 5.12 Å². The lowest BCUT2D eigenvalue weighted by Crippen LogP contribution is -2.53. The number of aliphatic imine (C=N–C) groups is 1. The fourth-order valence-electron chi connectivity index (χ4n) is 2.59. The normalized spacial score (nSPS) is 23.9. The number of aliphatic hydroxyl groups is 1. The maximum atomic E-state index is 13.4. The summed E-state index contributed by atoms with van der Waals surface area (Å²) in [6.07, 6.45) is -1.03. The Hall–Kier alpha value is -2.10. The highest BCUT2D eigenvalue weighted by atomic mass is 32.2. The van der Waals surface area contributed by atoms with Crippen LogP contribution in [0.3, 0.4) is 0 Å². The van der Waals surface area contributed by atoms with Crippen LogP contribution in [0.2, 0.25) is 0 Å². The van der Waals surface area contributed by atoms with Crippen molar-refractivity contribution in [3.8, 4) is 0 Å². The van der Waals surface area contributed by atoms with E-state index in [2.05, 4.69) is 10.3 Å². The van der Waals surface area contributed by atoms with Crippen molar-refractivity contribution in [2.45, 2.75) is 24.3 Å². The zero-order valence-electron chi connectivity index (χ0n) is 13.5. The minimum atomic E-state index is -4.52. The number of nitrogens with two attached hydrogens (primary N) is 1. The first-order valence-corrected chi connectivity index (χ1v) is 8.43. The van der Waals surface area contributed by atoms with Crippen LogP contribution in [0.4, 0.5) is 13.2 Å². The summed E-state index contributed by atoms with van der Waals surface area (Å²) in [5, 5.41) is 10.1. The minimum absolute atomic E-state index is 0.0210. The Balaban J connectivity index is 2.00. The number of benzene rings is 1. The number of halogens is 3. The molecule has 1 heterocycles. The van der Waals surface area contributed by atoms with Crippen molar-refractivity contribution in [2.24, 2.45) is 10.7 Å². The molecule has 1 aromatic rings. The maximum Gasteiger partial charge on any atom is 0.416 e. The fraction of sp³-hybridized carbons (Fsp3) is 0.235. The number of nitrogens with zero attached hydrogens (tertiary/aromatic N) is 1. The molecule has 26 heavy (non-hydrogen) atoms. The first kappa shape index (κ1) is 18.7. The van der Waals surface area contributed by atoms with Crippen LogP contribution >= 0.6 is 11.8 Å². The second-order valence-electron chi connectivity index (χ2n) is 5.77. The van der Waals surface area contributed by atoms with E-state index >= 15 is 0 Å². The molecule has 137 valence electrons. The Kier molecular flexibility index (Phi) is 4.72. The molecule has 1 aliphatic carbocycles. The van der Waals surface area contributed by atoms with Gasteiger partial charge in [0, 0.05) is 4.91 Å². The van der Waals surface area contributed by atoms with Crippen molar-refractivity contribution in [3.63, 3.8) is 0 Å². The number of thioether (sulfide) groups is 1. The Bertz CT molecular complexity index is 833. The third-order valence-corrected chi connectivity index (χ3v) is 4.80. The van der Waals surface area contributed by atoms with E-state index in [9.17, 15) is 23.1 Å². The number of nitrogens with one attached hydrogen (secondary N) is 1. The SMILES string of the molecule is CC(O)C(=O)NC1(N)N=C2[C](c3ccccc3C(F)(F)F)C=CC=C2S1. The van der Waals surface area contributed by atoms with Crippen molar-refractivity contribution in [2.75, 3.05) is 0 Å². The Labute approximate surface area is 151 Å². The van der Waals surface area contributed by atoms with Gasteiger partial charge in [-0.25, -0.2) is 4.99 Å². The molecule has 0 saturated carbocycles. The highest BCUT2D eigenvalue weighted by Crippen LogP contribution is 2.44. The van der Waals surface area contributed by atoms with Gasteiger partial charge >= 0.3 is 6.18 Å². The molecule has 1 radical (unpaired) electrons. The molecule has 2 unspecified atom stereocenters. The molecule has 5 nitrogen and oxygen atoms in total. The van der Waals surface area contributed by atoms with Gasteiger partial charge in [0.05, 0.1) is 17.2 Å². The summed E-state index contributed by atoms with van der Waals surface area (Å²) in [5.41, 5.74) is 5.51. The van der Waals surface area contributed by atoms with Gasteiger partial charge in [-0.2, -0.15) is 13.2 Å². The summed E-state index contributed by atoms with van der Waals surface area (Å²) in [6, 6.07) is 5.19. The van der Waals surface area contributed by atoms with Crippen LogP contribution in [0, 0.1) is 5.92 Å². The number of hydrogen-bond acceptors (Lipinski definition) is 5. The maximum absolute atomic E-state index is 13.4. The van der Waals surface area contributed by atoms with Crippen molar-refractivity contribution in [1.82, 2.24) is 5.32 Å². The minimum Gasteiger partial charge on any atom is -0.384 e. The molecule has 2 aliphatic rings. The molecular weight excluding hydrogens is 367 g/mol. The summed E-state index contributed by atoms with van der Waals surface area (Å²) in [4.78, 5) is 16.5. The van der Waals surface area contributed by atoms with Crippen molar-refractivity contribution in [3.05, 3.63) is 64.4 Å². The van der Waals surface area contributed by atoms with Gasteiger partial charge in [0.1, 0.15) is 6.10 Å². The first-order chi connectivity index (χ1) is 12.1. The molecule has 0 aromatic heterocycles. The average Bonchev–Trinajstić information content (AvgIpc) is 2.89. The number of aliphatic hydroxyl groups excluding tert-OH is 1. The molecule has 1 aromatic carbocycles. The monoisotopic (exact) mass is 382 g/mol. The second-order valence-corrected chi connectivity index (χ2v) is 7.04. The quantitative estimate of drug-likeness (QED) is 0.701. The standard InChI is InChI=1S/C17H15F3N3O2S/c1-9(24)15(25)23-17(21)22-14-11(6-4-8-13(14)26-17)10-5-2-3-7-12(10)16(18,19)20/h2-9,24H,21H2,1H3,(H,23,25). The molecule has 0 bridgehead atoms. The second kappa shape index (κ2) is 6.57. The molecule has 4 N–H and O–H groups in total. The van der Waals surface area contributed by atoms with Crippen LogP contribution < -0.4 is 11.1 Å². The molecule has 1 amide bonds. The van der Waals surface area contributed by atoms with Crippen LogP contribution in [-0.2, 0) is 11.0 Å². The van der Waals surface area contributed by atoms with Gasteiger partial charge in [-0.3, -0.25) is 10.5 Å². The fourth-order valence-corrected chi connectivity index (χ4v) is 3.62. The van der Waals surface area contributed by atoms with Crippen LogP contribution in [0.15, 0.2) is 52.4 Å². The predicted molar refractivity (Wildman–Crippen MR) is 92.8 cm³/mol. The first-order valence-electron chi connectivity index (χ1n) is 7.61. The molecule has 0 saturated heterocycles. The molecule has 9 heteroatoms. The van der Waals surface area contributed by atoms with Gasteiger partial charge in [-0.1, -0.05) is 42.1 Å². The zero-order valence-corrected chi connectivity index (χ0v) is 14.4.